The van der Waals surface area contributed by atoms with Crippen LogP contribution in [0.3, 0.4) is 0 Å². The van der Waals surface area contributed by atoms with E-state index in [1.54, 1.807) is 0 Å². The van der Waals surface area contributed by atoms with Crippen LogP contribution in [0, 0.1) is 0 Å². The van der Waals surface area contributed by atoms with Gasteiger partial charge < -0.3 is 0 Å². The molecule has 0 amide bonds. The molecule has 0 saturated heterocycles. The molecular formula is C17H18O. The number of aryl methyl sites for hydroxylation is 2. The number of rotatable bonds is 4. The van der Waals surface area contributed by atoms with Crippen molar-refractivity contribution in [1.29, 1.82) is 0 Å². The van der Waals surface area contributed by atoms with Crippen molar-refractivity contribution >= 4 is 5.78 Å². The lowest BCUT2D eigenvalue weighted by atomic mass is 9.96. The van der Waals surface area contributed by atoms with Crippen LogP contribution in [0.4, 0.5) is 0 Å². The van der Waals surface area contributed by atoms with Gasteiger partial charge in [-0.1, -0.05) is 62.4 Å². The Balaban J connectivity index is 2.35. The van der Waals surface area contributed by atoms with E-state index in [0.29, 0.717) is 0 Å². The van der Waals surface area contributed by atoms with Crippen LogP contribution < -0.4 is 0 Å². The molecule has 0 heterocycles. The zero-order chi connectivity index (χ0) is 13.0. The summed E-state index contributed by atoms with van der Waals surface area (Å²) in [6, 6.07) is 15.7. The number of carbonyl (C=O) groups is 1. The maximum Gasteiger partial charge on any atom is 0.193 e. The molecule has 2 rings (SSSR count). The molecule has 0 radical (unpaired) electrons. The highest BCUT2D eigenvalue weighted by atomic mass is 16.1. The molecule has 2 aromatic rings. The van der Waals surface area contributed by atoms with Crippen molar-refractivity contribution < 1.29 is 4.79 Å². The minimum Gasteiger partial charge on any atom is -0.289 e. The summed E-state index contributed by atoms with van der Waals surface area (Å²) in [5.74, 6) is 0.120. The quantitative estimate of drug-likeness (QED) is 0.735. The van der Waals surface area contributed by atoms with Gasteiger partial charge in [-0.05, 0) is 24.0 Å². The molecule has 92 valence electrons. The number of hydrogen-bond acceptors (Lipinski definition) is 1. The standard InChI is InChI=1S/C17H18O/c1-3-13-9-11-15(12-10-13)17(18)16-8-6-5-7-14(16)4-2/h5-12H,3-4H2,1-2H3. The van der Waals surface area contributed by atoms with Crippen LogP contribution in [-0.4, -0.2) is 5.78 Å². The summed E-state index contributed by atoms with van der Waals surface area (Å²) < 4.78 is 0. The summed E-state index contributed by atoms with van der Waals surface area (Å²) in [5, 5.41) is 0. The molecule has 0 saturated carbocycles. The highest BCUT2D eigenvalue weighted by Crippen LogP contribution is 2.16. The van der Waals surface area contributed by atoms with Gasteiger partial charge in [-0.25, -0.2) is 0 Å². The van der Waals surface area contributed by atoms with E-state index in [4.69, 9.17) is 0 Å². The molecular weight excluding hydrogens is 220 g/mol. The summed E-state index contributed by atoms with van der Waals surface area (Å²) in [6.07, 6.45) is 1.88. The Bertz CT molecular complexity index is 538. The second-order valence-corrected chi connectivity index (χ2v) is 4.39. The van der Waals surface area contributed by atoms with Crippen LogP contribution in [0.2, 0.25) is 0 Å². The predicted octanol–water partition coefficient (Wildman–Crippen LogP) is 4.04. The molecule has 18 heavy (non-hydrogen) atoms. The second-order valence-electron chi connectivity index (χ2n) is 4.39. The van der Waals surface area contributed by atoms with Crippen molar-refractivity contribution in [3.05, 3.63) is 70.8 Å². The zero-order valence-electron chi connectivity index (χ0n) is 10.9. The Hall–Kier alpha value is -1.89. The van der Waals surface area contributed by atoms with Gasteiger partial charge in [-0.15, -0.1) is 0 Å². The fourth-order valence-corrected chi connectivity index (χ4v) is 2.10. The molecule has 0 aliphatic heterocycles. The van der Waals surface area contributed by atoms with Crippen molar-refractivity contribution in [2.24, 2.45) is 0 Å². The molecule has 2 aromatic carbocycles. The largest absolute Gasteiger partial charge is 0.289 e. The molecule has 1 heteroatoms. The molecule has 0 atom stereocenters. The monoisotopic (exact) mass is 238 g/mol. The number of carbonyl (C=O) groups excluding carboxylic acids is 1. The molecule has 0 N–H and O–H groups in total. The summed E-state index contributed by atoms with van der Waals surface area (Å²) in [4.78, 5) is 12.4. The normalized spacial score (nSPS) is 10.3. The molecule has 0 fully saturated rings. The van der Waals surface area contributed by atoms with Crippen molar-refractivity contribution in [3.63, 3.8) is 0 Å². The smallest absolute Gasteiger partial charge is 0.193 e. The Morgan fingerprint density at radius 3 is 2.17 bits per heavy atom. The first-order chi connectivity index (χ1) is 8.76. The van der Waals surface area contributed by atoms with Gasteiger partial charge in [-0.2, -0.15) is 0 Å². The Morgan fingerprint density at radius 1 is 0.889 bits per heavy atom. The van der Waals surface area contributed by atoms with E-state index in [1.165, 1.54) is 5.56 Å². The van der Waals surface area contributed by atoms with Crippen molar-refractivity contribution in [3.8, 4) is 0 Å². The van der Waals surface area contributed by atoms with E-state index in [-0.39, 0.29) is 5.78 Å². The average molecular weight is 238 g/mol. The van der Waals surface area contributed by atoms with Crippen LogP contribution in [0.5, 0.6) is 0 Å². The summed E-state index contributed by atoms with van der Waals surface area (Å²) in [6.45, 7) is 4.19. The minimum absolute atomic E-state index is 0.120. The molecule has 0 aromatic heterocycles. The van der Waals surface area contributed by atoms with Crippen LogP contribution >= 0.6 is 0 Å². The van der Waals surface area contributed by atoms with Crippen LogP contribution in [-0.2, 0) is 12.8 Å². The summed E-state index contributed by atoms with van der Waals surface area (Å²) in [7, 11) is 0. The lowest BCUT2D eigenvalue weighted by Crippen LogP contribution is -2.05. The Morgan fingerprint density at radius 2 is 1.56 bits per heavy atom. The number of benzene rings is 2. The van der Waals surface area contributed by atoms with Gasteiger partial charge in [0.15, 0.2) is 5.78 Å². The van der Waals surface area contributed by atoms with Gasteiger partial charge in [0.2, 0.25) is 0 Å². The van der Waals surface area contributed by atoms with Gasteiger partial charge in [0.1, 0.15) is 0 Å². The van der Waals surface area contributed by atoms with Crippen LogP contribution in [0.25, 0.3) is 0 Å². The van der Waals surface area contributed by atoms with Gasteiger partial charge in [-0.3, -0.25) is 4.79 Å². The van der Waals surface area contributed by atoms with Crippen molar-refractivity contribution in [2.75, 3.05) is 0 Å². The van der Waals surface area contributed by atoms with Gasteiger partial charge in [0, 0.05) is 11.1 Å². The summed E-state index contributed by atoms with van der Waals surface area (Å²) >= 11 is 0. The molecule has 1 nitrogen and oxygen atoms in total. The average Bonchev–Trinajstić information content (AvgIpc) is 2.46. The molecule has 0 spiro atoms. The van der Waals surface area contributed by atoms with Gasteiger partial charge in [0.05, 0.1) is 0 Å². The molecule has 0 bridgehead atoms. The molecule has 0 unspecified atom stereocenters. The van der Waals surface area contributed by atoms with Gasteiger partial charge >= 0.3 is 0 Å². The zero-order valence-corrected chi connectivity index (χ0v) is 10.9. The third kappa shape index (κ3) is 2.51. The molecule has 0 aliphatic rings. The minimum atomic E-state index is 0.120. The fourth-order valence-electron chi connectivity index (χ4n) is 2.10. The third-order valence-corrected chi connectivity index (χ3v) is 3.27. The lowest BCUT2D eigenvalue weighted by molar-refractivity contribution is 0.103. The first kappa shape index (κ1) is 12.6. The predicted molar refractivity (Wildman–Crippen MR) is 75.1 cm³/mol. The first-order valence-corrected chi connectivity index (χ1v) is 6.47. The first-order valence-electron chi connectivity index (χ1n) is 6.47. The maximum absolute atomic E-state index is 12.4. The Labute approximate surface area is 108 Å². The highest BCUT2D eigenvalue weighted by molar-refractivity contribution is 6.09. The summed E-state index contributed by atoms with van der Waals surface area (Å²) in [5.41, 5.74) is 3.97. The maximum atomic E-state index is 12.4. The van der Waals surface area contributed by atoms with E-state index in [9.17, 15) is 4.79 Å². The van der Waals surface area contributed by atoms with Crippen LogP contribution in [0.1, 0.15) is 40.9 Å². The molecule has 0 aliphatic carbocycles. The third-order valence-electron chi connectivity index (χ3n) is 3.27. The second kappa shape index (κ2) is 5.63. The van der Waals surface area contributed by atoms with E-state index < -0.39 is 0 Å². The number of ketones is 1. The van der Waals surface area contributed by atoms with E-state index in [2.05, 4.69) is 13.8 Å². The SMILES string of the molecule is CCc1ccc(C(=O)c2ccccc2CC)cc1. The van der Waals surface area contributed by atoms with Crippen molar-refractivity contribution in [1.82, 2.24) is 0 Å². The van der Waals surface area contributed by atoms with E-state index in [1.807, 2.05) is 48.5 Å². The van der Waals surface area contributed by atoms with E-state index in [0.717, 1.165) is 29.5 Å². The number of hydrogen-bond donors (Lipinski definition) is 0. The van der Waals surface area contributed by atoms with Crippen LogP contribution in [0.15, 0.2) is 48.5 Å². The Kier molecular flexibility index (Phi) is 3.93. The van der Waals surface area contributed by atoms with E-state index >= 15 is 0 Å². The topological polar surface area (TPSA) is 17.1 Å². The lowest BCUT2D eigenvalue weighted by Gasteiger charge is -2.07. The highest BCUT2D eigenvalue weighted by Gasteiger charge is 2.11. The van der Waals surface area contributed by atoms with Gasteiger partial charge in [0.25, 0.3) is 0 Å². The fraction of sp³-hybridized carbons (Fsp3) is 0.235. The van der Waals surface area contributed by atoms with Crippen molar-refractivity contribution in [2.45, 2.75) is 26.7 Å².